The highest BCUT2D eigenvalue weighted by Crippen LogP contribution is 2.34. The molecule has 0 aliphatic heterocycles. The van der Waals surface area contributed by atoms with E-state index >= 15 is 0 Å². The monoisotopic (exact) mass is 405 g/mol. The molecule has 1 aromatic rings. The smallest absolute Gasteiger partial charge is 0.416 e. The minimum absolute atomic E-state index is 0.0197. The minimum Gasteiger partial charge on any atom is -0.469 e. The highest BCUT2D eigenvalue weighted by atomic mass is 19.4. The molecule has 0 bridgehead atoms. The van der Waals surface area contributed by atoms with Crippen LogP contribution < -0.4 is 5.32 Å². The quantitative estimate of drug-likeness (QED) is 0.385. The number of rotatable bonds is 9. The third kappa shape index (κ3) is 6.39. The van der Waals surface area contributed by atoms with Crippen molar-refractivity contribution in [2.45, 2.75) is 26.4 Å². The molecule has 0 fully saturated rings. The standard InChI is InChI=1S/C17H22F3N3O5/c1-4-22(10-11(2)16(25)28-3)15(24)7-8-21-13-6-5-12(17(18,19)20)9-14(13)23(26)27/h5-6,9,11,21H,4,7-8,10H2,1-3H3. The van der Waals surface area contributed by atoms with Crippen LogP contribution in [0.4, 0.5) is 24.5 Å². The molecule has 0 heterocycles. The molecule has 0 radical (unpaired) electrons. The highest BCUT2D eigenvalue weighted by molar-refractivity contribution is 5.78. The molecule has 1 amide bonds. The fourth-order valence-electron chi connectivity index (χ4n) is 2.48. The van der Waals surface area contributed by atoms with Gasteiger partial charge in [0, 0.05) is 32.1 Å². The topological polar surface area (TPSA) is 102 Å². The first-order valence-corrected chi connectivity index (χ1v) is 8.46. The number of halogens is 3. The van der Waals surface area contributed by atoms with Crippen LogP contribution >= 0.6 is 0 Å². The number of nitro groups is 1. The summed E-state index contributed by atoms with van der Waals surface area (Å²) < 4.78 is 42.7. The van der Waals surface area contributed by atoms with Crippen LogP contribution in [-0.4, -0.2) is 48.4 Å². The summed E-state index contributed by atoms with van der Waals surface area (Å²) in [6.45, 7) is 3.83. The molecule has 0 aliphatic rings. The van der Waals surface area contributed by atoms with Crippen LogP contribution in [0.25, 0.3) is 0 Å². The van der Waals surface area contributed by atoms with Gasteiger partial charge in [0.05, 0.1) is 23.5 Å². The molecule has 11 heteroatoms. The first-order valence-electron chi connectivity index (χ1n) is 8.46. The molecule has 1 unspecified atom stereocenters. The molecule has 156 valence electrons. The normalized spacial score (nSPS) is 12.2. The number of methoxy groups -OCH3 is 1. The Balaban J connectivity index is 2.75. The van der Waals surface area contributed by atoms with E-state index in [1.54, 1.807) is 13.8 Å². The fraction of sp³-hybridized carbons (Fsp3) is 0.529. The molecule has 1 aromatic carbocycles. The lowest BCUT2D eigenvalue weighted by Gasteiger charge is -2.23. The zero-order valence-electron chi connectivity index (χ0n) is 15.7. The Morgan fingerprint density at radius 2 is 2.00 bits per heavy atom. The first kappa shape index (κ1) is 23.2. The predicted octanol–water partition coefficient (Wildman–Crippen LogP) is 3.07. The van der Waals surface area contributed by atoms with Gasteiger partial charge in [-0.05, 0) is 19.1 Å². The van der Waals surface area contributed by atoms with Gasteiger partial charge in [0.25, 0.3) is 5.69 Å². The number of anilines is 1. The van der Waals surface area contributed by atoms with Gasteiger partial charge in [-0.2, -0.15) is 13.2 Å². The number of ether oxygens (including phenoxy) is 1. The van der Waals surface area contributed by atoms with Crippen molar-refractivity contribution < 1.29 is 32.4 Å². The number of benzene rings is 1. The second kappa shape index (κ2) is 9.90. The Labute approximate surface area is 159 Å². The minimum atomic E-state index is -4.70. The molecule has 0 aliphatic carbocycles. The maximum absolute atomic E-state index is 12.7. The van der Waals surface area contributed by atoms with Gasteiger partial charge >= 0.3 is 12.1 Å². The van der Waals surface area contributed by atoms with Gasteiger partial charge in [-0.25, -0.2) is 0 Å². The number of hydrogen-bond donors (Lipinski definition) is 1. The van der Waals surface area contributed by atoms with E-state index < -0.39 is 34.2 Å². The number of alkyl halides is 3. The zero-order chi connectivity index (χ0) is 21.5. The van der Waals surface area contributed by atoms with Crippen molar-refractivity contribution >= 4 is 23.3 Å². The van der Waals surface area contributed by atoms with E-state index in [-0.39, 0.29) is 31.1 Å². The molecule has 28 heavy (non-hydrogen) atoms. The number of hydrogen-bond acceptors (Lipinski definition) is 6. The summed E-state index contributed by atoms with van der Waals surface area (Å²) in [6, 6.07) is 2.14. The molecule has 0 saturated carbocycles. The molecular formula is C17H22F3N3O5. The highest BCUT2D eigenvalue weighted by Gasteiger charge is 2.33. The second-order valence-corrected chi connectivity index (χ2v) is 6.02. The summed E-state index contributed by atoms with van der Waals surface area (Å²) in [5.41, 5.74) is -1.97. The van der Waals surface area contributed by atoms with E-state index in [1.165, 1.54) is 12.0 Å². The van der Waals surface area contributed by atoms with E-state index in [0.717, 1.165) is 12.1 Å². The molecule has 8 nitrogen and oxygen atoms in total. The summed E-state index contributed by atoms with van der Waals surface area (Å²) in [6.07, 6.45) is -4.75. The van der Waals surface area contributed by atoms with Gasteiger partial charge < -0.3 is 15.0 Å². The third-order valence-electron chi connectivity index (χ3n) is 4.01. The van der Waals surface area contributed by atoms with Crippen LogP contribution in [0.1, 0.15) is 25.8 Å². The lowest BCUT2D eigenvalue weighted by Crippen LogP contribution is -2.37. The first-order chi connectivity index (χ1) is 13.0. The predicted molar refractivity (Wildman–Crippen MR) is 94.6 cm³/mol. The lowest BCUT2D eigenvalue weighted by molar-refractivity contribution is -0.384. The number of amides is 1. The zero-order valence-corrected chi connectivity index (χ0v) is 15.7. The molecular weight excluding hydrogens is 383 g/mol. The summed E-state index contributed by atoms with van der Waals surface area (Å²) in [5, 5.41) is 13.7. The average Bonchev–Trinajstić information content (AvgIpc) is 2.64. The van der Waals surface area contributed by atoms with Gasteiger partial charge in [0.2, 0.25) is 5.91 Å². The van der Waals surface area contributed by atoms with E-state index in [4.69, 9.17) is 0 Å². The SMILES string of the molecule is CCN(CC(C)C(=O)OC)C(=O)CCNc1ccc(C(F)(F)F)cc1[N+](=O)[O-]. The Morgan fingerprint density at radius 1 is 1.36 bits per heavy atom. The summed E-state index contributed by atoms with van der Waals surface area (Å²) >= 11 is 0. The van der Waals surface area contributed by atoms with Crippen LogP contribution in [0.15, 0.2) is 18.2 Å². The number of carbonyl (C=O) groups is 2. The van der Waals surface area contributed by atoms with Gasteiger partial charge in [0.1, 0.15) is 5.69 Å². The van der Waals surface area contributed by atoms with Gasteiger partial charge in [-0.3, -0.25) is 19.7 Å². The molecule has 0 aromatic heterocycles. The van der Waals surface area contributed by atoms with Crippen LogP contribution in [-0.2, 0) is 20.5 Å². The van der Waals surface area contributed by atoms with Gasteiger partial charge in [-0.1, -0.05) is 6.92 Å². The van der Waals surface area contributed by atoms with E-state index in [9.17, 15) is 32.9 Å². The number of nitrogens with zero attached hydrogens (tertiary/aromatic N) is 2. The van der Waals surface area contributed by atoms with Crippen LogP contribution in [0.5, 0.6) is 0 Å². The van der Waals surface area contributed by atoms with Crippen molar-refractivity contribution in [3.05, 3.63) is 33.9 Å². The Hall–Kier alpha value is -2.85. The van der Waals surface area contributed by atoms with Gasteiger partial charge in [-0.15, -0.1) is 0 Å². The number of nitrogens with one attached hydrogen (secondary N) is 1. The van der Waals surface area contributed by atoms with Crippen molar-refractivity contribution in [2.24, 2.45) is 5.92 Å². The van der Waals surface area contributed by atoms with Crippen molar-refractivity contribution in [1.29, 1.82) is 0 Å². The van der Waals surface area contributed by atoms with Crippen molar-refractivity contribution in [2.75, 3.05) is 32.1 Å². The maximum atomic E-state index is 12.7. The van der Waals surface area contributed by atoms with Crippen LogP contribution in [0, 0.1) is 16.0 Å². The number of nitro benzene ring substituents is 1. The Bertz CT molecular complexity index is 724. The van der Waals surface area contributed by atoms with Crippen LogP contribution in [0.2, 0.25) is 0 Å². The van der Waals surface area contributed by atoms with Crippen molar-refractivity contribution in [3.63, 3.8) is 0 Å². The second-order valence-electron chi connectivity index (χ2n) is 6.02. The molecule has 1 rings (SSSR count). The molecule has 1 N–H and O–H groups in total. The Morgan fingerprint density at radius 3 is 2.50 bits per heavy atom. The van der Waals surface area contributed by atoms with Crippen molar-refractivity contribution in [1.82, 2.24) is 4.90 Å². The molecule has 0 spiro atoms. The van der Waals surface area contributed by atoms with E-state index in [0.29, 0.717) is 12.6 Å². The molecule has 1 atom stereocenters. The lowest BCUT2D eigenvalue weighted by atomic mass is 10.1. The van der Waals surface area contributed by atoms with E-state index in [1.807, 2.05) is 0 Å². The van der Waals surface area contributed by atoms with E-state index in [2.05, 4.69) is 10.1 Å². The summed E-state index contributed by atoms with van der Waals surface area (Å²) in [7, 11) is 1.25. The average molecular weight is 405 g/mol. The van der Waals surface area contributed by atoms with Crippen molar-refractivity contribution in [3.8, 4) is 0 Å². The third-order valence-corrected chi connectivity index (χ3v) is 4.01. The largest absolute Gasteiger partial charge is 0.469 e. The summed E-state index contributed by atoms with van der Waals surface area (Å²) in [4.78, 5) is 35.3. The number of carbonyl (C=O) groups excluding carboxylic acids is 2. The fourth-order valence-corrected chi connectivity index (χ4v) is 2.48. The number of esters is 1. The van der Waals surface area contributed by atoms with Gasteiger partial charge in [0.15, 0.2) is 0 Å². The van der Waals surface area contributed by atoms with Crippen LogP contribution in [0.3, 0.4) is 0 Å². The summed E-state index contributed by atoms with van der Waals surface area (Å²) in [5.74, 6) is -1.28. The molecule has 0 saturated heterocycles. The Kier molecular flexibility index (Phi) is 8.20. The maximum Gasteiger partial charge on any atom is 0.416 e.